The lowest BCUT2D eigenvalue weighted by molar-refractivity contribution is 0.252. The first-order valence-electron chi connectivity index (χ1n) is 6.21. The van der Waals surface area contributed by atoms with E-state index in [0.717, 1.165) is 18.4 Å². The lowest BCUT2D eigenvalue weighted by Crippen LogP contribution is -2.26. The normalized spacial score (nSPS) is 13.3. The average Bonchev–Trinajstić information content (AvgIpc) is 2.29. The number of nitrogens with two attached hydrogens (primary N) is 1. The zero-order valence-electron chi connectivity index (χ0n) is 11.2. The molecule has 1 aromatic carbocycles. The predicted octanol–water partition coefficient (Wildman–Crippen LogP) is 2.73. The molecule has 2 N–H and O–H groups in total. The summed E-state index contributed by atoms with van der Waals surface area (Å²) < 4.78 is 27.9. The second kappa shape index (κ2) is 7.12. The van der Waals surface area contributed by atoms with Crippen molar-refractivity contribution in [1.29, 1.82) is 0 Å². The Morgan fingerprint density at radius 3 is 2.63 bits per heavy atom. The van der Waals surface area contributed by atoms with E-state index in [1.54, 1.807) is 12.1 Å². The van der Waals surface area contributed by atoms with Crippen molar-refractivity contribution in [1.82, 2.24) is 0 Å². The zero-order valence-corrected chi connectivity index (χ0v) is 12.8. The largest absolute Gasteiger partial charge is 0.493 e. The van der Waals surface area contributed by atoms with Gasteiger partial charge in [0.15, 0.2) is 0 Å². The maximum absolute atomic E-state index is 11.1. The highest BCUT2D eigenvalue weighted by molar-refractivity contribution is 7.89. The number of hydrogen-bond acceptors (Lipinski definition) is 3. The van der Waals surface area contributed by atoms with Crippen molar-refractivity contribution >= 4 is 21.6 Å². The molecule has 0 fully saturated rings. The first-order valence-corrected chi connectivity index (χ1v) is 8.30. The van der Waals surface area contributed by atoms with E-state index in [2.05, 4.69) is 0 Å². The summed E-state index contributed by atoms with van der Waals surface area (Å²) in [7, 11) is -3.47. The van der Waals surface area contributed by atoms with E-state index in [1.807, 2.05) is 19.9 Å². The minimum atomic E-state index is -3.47. The number of primary sulfonamides is 1. The van der Waals surface area contributed by atoms with Crippen LogP contribution in [0.5, 0.6) is 5.75 Å². The van der Waals surface area contributed by atoms with Crippen LogP contribution in [0.1, 0.15) is 25.3 Å². The maximum Gasteiger partial charge on any atom is 0.209 e. The van der Waals surface area contributed by atoms with Crippen molar-refractivity contribution in [2.45, 2.75) is 26.7 Å². The molecule has 0 saturated carbocycles. The molecule has 0 bridgehead atoms. The maximum atomic E-state index is 11.1. The van der Waals surface area contributed by atoms with E-state index in [9.17, 15) is 8.42 Å². The van der Waals surface area contributed by atoms with Gasteiger partial charge in [0.25, 0.3) is 0 Å². The van der Waals surface area contributed by atoms with E-state index in [4.69, 9.17) is 21.5 Å². The number of rotatable bonds is 7. The van der Waals surface area contributed by atoms with Gasteiger partial charge < -0.3 is 4.74 Å². The van der Waals surface area contributed by atoms with Gasteiger partial charge >= 0.3 is 0 Å². The summed E-state index contributed by atoms with van der Waals surface area (Å²) in [6.07, 6.45) is 1.66. The van der Waals surface area contributed by atoms with Crippen molar-refractivity contribution < 1.29 is 13.2 Å². The predicted molar refractivity (Wildman–Crippen MR) is 78.1 cm³/mol. The smallest absolute Gasteiger partial charge is 0.209 e. The molecule has 0 aliphatic heterocycles. The molecule has 6 heteroatoms. The van der Waals surface area contributed by atoms with Crippen molar-refractivity contribution in [2.75, 3.05) is 12.4 Å². The fraction of sp³-hybridized carbons (Fsp3) is 0.538. The summed E-state index contributed by atoms with van der Waals surface area (Å²) in [5.41, 5.74) is 0.928. The van der Waals surface area contributed by atoms with Crippen LogP contribution in [0.3, 0.4) is 0 Å². The Bertz CT molecular complexity index is 517. The summed E-state index contributed by atoms with van der Waals surface area (Å²) in [6.45, 7) is 4.23. The summed E-state index contributed by atoms with van der Waals surface area (Å²) in [5, 5.41) is 5.76. The lowest BCUT2D eigenvalue weighted by Gasteiger charge is -2.16. The fourth-order valence-electron chi connectivity index (χ4n) is 1.87. The second-order valence-corrected chi connectivity index (χ2v) is 6.77. The third kappa shape index (κ3) is 6.27. The lowest BCUT2D eigenvalue weighted by atomic mass is 10.1. The number of sulfonamides is 1. The number of hydrogen-bond donors (Lipinski definition) is 1. The monoisotopic (exact) mass is 305 g/mol. The fourth-order valence-corrected chi connectivity index (χ4v) is 2.91. The van der Waals surface area contributed by atoms with Gasteiger partial charge in [-0.15, -0.1) is 0 Å². The van der Waals surface area contributed by atoms with E-state index in [1.165, 1.54) is 0 Å². The highest BCUT2D eigenvalue weighted by Gasteiger charge is 2.16. The van der Waals surface area contributed by atoms with E-state index in [-0.39, 0.29) is 11.7 Å². The molecule has 1 rings (SSSR count). The van der Waals surface area contributed by atoms with Gasteiger partial charge in [-0.2, -0.15) is 0 Å². The van der Waals surface area contributed by atoms with Gasteiger partial charge in [-0.1, -0.05) is 24.9 Å². The van der Waals surface area contributed by atoms with Crippen LogP contribution in [-0.2, 0) is 10.0 Å². The molecule has 1 aromatic rings. The van der Waals surface area contributed by atoms with Crippen molar-refractivity contribution in [3.8, 4) is 5.75 Å². The zero-order chi connectivity index (χ0) is 14.5. The van der Waals surface area contributed by atoms with E-state index in [0.29, 0.717) is 17.4 Å². The molecule has 0 saturated heterocycles. The van der Waals surface area contributed by atoms with Crippen LogP contribution in [0, 0.1) is 12.8 Å². The van der Waals surface area contributed by atoms with Crippen LogP contribution in [0.25, 0.3) is 0 Å². The van der Waals surface area contributed by atoms with Crippen LogP contribution in [0.15, 0.2) is 18.2 Å². The molecule has 0 aliphatic carbocycles. The summed E-state index contributed by atoms with van der Waals surface area (Å²) in [6, 6.07) is 5.37. The molecule has 0 heterocycles. The SMILES string of the molecule is CCCC(COc1ccc(Cl)c(C)c1)CS(N)(=O)=O. The topological polar surface area (TPSA) is 69.4 Å². The minimum absolute atomic E-state index is 0.0482. The Morgan fingerprint density at radius 2 is 2.11 bits per heavy atom. The van der Waals surface area contributed by atoms with Gasteiger partial charge in [-0.25, -0.2) is 13.6 Å². The van der Waals surface area contributed by atoms with Gasteiger partial charge in [0.2, 0.25) is 10.0 Å². The first kappa shape index (κ1) is 16.3. The highest BCUT2D eigenvalue weighted by Crippen LogP contribution is 2.22. The summed E-state index contributed by atoms with van der Waals surface area (Å²) >= 11 is 5.93. The molecule has 1 unspecified atom stereocenters. The van der Waals surface area contributed by atoms with Gasteiger partial charge in [0.1, 0.15) is 5.75 Å². The molecule has 19 heavy (non-hydrogen) atoms. The van der Waals surface area contributed by atoms with Gasteiger partial charge in [-0.05, 0) is 37.1 Å². The summed E-state index contributed by atoms with van der Waals surface area (Å²) in [4.78, 5) is 0. The summed E-state index contributed by atoms with van der Waals surface area (Å²) in [5.74, 6) is 0.557. The van der Waals surface area contributed by atoms with Crippen LogP contribution >= 0.6 is 11.6 Å². The number of aryl methyl sites for hydroxylation is 1. The van der Waals surface area contributed by atoms with Gasteiger partial charge in [0.05, 0.1) is 12.4 Å². The first-order chi connectivity index (χ1) is 8.81. The van der Waals surface area contributed by atoms with Crippen LogP contribution in [-0.4, -0.2) is 20.8 Å². The molecule has 1 atom stereocenters. The van der Waals surface area contributed by atoms with Crippen LogP contribution in [0.4, 0.5) is 0 Å². The molecule has 0 spiro atoms. The molecule has 0 aromatic heterocycles. The third-order valence-electron chi connectivity index (χ3n) is 2.78. The number of benzene rings is 1. The highest BCUT2D eigenvalue weighted by atomic mass is 35.5. The van der Waals surface area contributed by atoms with Gasteiger partial charge in [-0.3, -0.25) is 0 Å². The number of halogens is 1. The molecular formula is C13H20ClNO3S. The van der Waals surface area contributed by atoms with Crippen molar-refractivity contribution in [3.05, 3.63) is 28.8 Å². The Hall–Kier alpha value is -0.780. The molecule has 0 aliphatic rings. The molecule has 108 valence electrons. The minimum Gasteiger partial charge on any atom is -0.493 e. The molecular weight excluding hydrogens is 286 g/mol. The average molecular weight is 306 g/mol. The third-order valence-corrected chi connectivity index (χ3v) is 4.14. The van der Waals surface area contributed by atoms with E-state index < -0.39 is 10.0 Å². The molecule has 0 amide bonds. The van der Waals surface area contributed by atoms with Crippen molar-refractivity contribution in [2.24, 2.45) is 11.1 Å². The Morgan fingerprint density at radius 1 is 1.42 bits per heavy atom. The Kier molecular flexibility index (Phi) is 6.10. The number of ether oxygens (including phenoxy) is 1. The van der Waals surface area contributed by atoms with Crippen LogP contribution in [0.2, 0.25) is 5.02 Å². The second-order valence-electron chi connectivity index (χ2n) is 4.71. The Balaban J connectivity index is 2.62. The quantitative estimate of drug-likeness (QED) is 0.842. The van der Waals surface area contributed by atoms with Crippen LogP contribution < -0.4 is 9.88 Å². The Labute approximate surface area is 120 Å². The standard InChI is InChI=1S/C13H20ClNO3S/c1-3-4-11(9-19(15,16)17)8-18-12-5-6-13(14)10(2)7-12/h5-7,11H,3-4,8-9H2,1-2H3,(H2,15,16,17). The molecule has 4 nitrogen and oxygen atoms in total. The van der Waals surface area contributed by atoms with Crippen molar-refractivity contribution in [3.63, 3.8) is 0 Å². The molecule has 0 radical (unpaired) electrons. The van der Waals surface area contributed by atoms with Gasteiger partial charge in [0, 0.05) is 10.9 Å². The van der Waals surface area contributed by atoms with E-state index >= 15 is 0 Å².